The fourth-order valence-corrected chi connectivity index (χ4v) is 3.34. The van der Waals surface area contributed by atoms with E-state index in [1.54, 1.807) is 18.3 Å². The molecule has 3 aromatic rings. The van der Waals surface area contributed by atoms with Gasteiger partial charge in [0.15, 0.2) is 0 Å². The minimum atomic E-state index is -0.183. The third-order valence-electron chi connectivity index (χ3n) is 4.55. The highest BCUT2D eigenvalue weighted by Crippen LogP contribution is 2.24. The largest absolute Gasteiger partial charge is 0.318 e. The summed E-state index contributed by atoms with van der Waals surface area (Å²) < 4.78 is 2.11. The Morgan fingerprint density at radius 1 is 1.07 bits per heavy atom. The molecule has 0 atom stereocenters. The van der Waals surface area contributed by atoms with Crippen LogP contribution in [0.4, 0.5) is 0 Å². The molecule has 4 nitrogen and oxygen atoms in total. The molecule has 0 unspecified atom stereocenters. The average Bonchev–Trinajstić information content (AvgIpc) is 2.93. The summed E-state index contributed by atoms with van der Waals surface area (Å²) in [6.07, 6.45) is 1.91. The van der Waals surface area contributed by atoms with Gasteiger partial charge in [0.05, 0.1) is 12.6 Å². The first-order chi connectivity index (χ1) is 13.3. The highest BCUT2D eigenvalue weighted by atomic mass is 35.5. The number of halogens is 2. The van der Waals surface area contributed by atoms with Gasteiger partial charge in [-0.25, -0.2) is 5.43 Å². The Balaban J connectivity index is 1.71. The molecular formula is C22H21Cl2N3O. The van der Waals surface area contributed by atoms with E-state index in [2.05, 4.69) is 15.1 Å². The van der Waals surface area contributed by atoms with Crippen LogP contribution in [0.1, 0.15) is 28.1 Å². The van der Waals surface area contributed by atoms with Gasteiger partial charge in [-0.1, -0.05) is 41.4 Å². The van der Waals surface area contributed by atoms with Crippen molar-refractivity contribution in [3.05, 3.63) is 86.7 Å². The maximum atomic E-state index is 12.1. The lowest BCUT2D eigenvalue weighted by atomic mass is 10.1. The van der Waals surface area contributed by atoms with Crippen LogP contribution < -0.4 is 5.43 Å². The molecule has 0 radical (unpaired) electrons. The summed E-state index contributed by atoms with van der Waals surface area (Å²) in [5.41, 5.74) is 8.51. The van der Waals surface area contributed by atoms with Gasteiger partial charge in [-0.05, 0) is 62.2 Å². The molecule has 0 fully saturated rings. The van der Waals surface area contributed by atoms with Gasteiger partial charge < -0.3 is 4.57 Å². The molecule has 0 saturated carbocycles. The van der Waals surface area contributed by atoms with Crippen molar-refractivity contribution in [3.63, 3.8) is 0 Å². The van der Waals surface area contributed by atoms with Crippen LogP contribution in [0, 0.1) is 20.8 Å². The molecule has 1 amide bonds. The SMILES string of the molecule is Cc1ccc(-n2c(C)cc(/C=N\NC(=O)Cc3ccc(Cl)cc3)c2C)cc1Cl. The first-order valence-corrected chi connectivity index (χ1v) is 9.62. The number of nitrogens with one attached hydrogen (secondary N) is 1. The summed E-state index contributed by atoms with van der Waals surface area (Å²) >= 11 is 12.1. The molecule has 28 heavy (non-hydrogen) atoms. The monoisotopic (exact) mass is 413 g/mol. The zero-order chi connectivity index (χ0) is 20.3. The van der Waals surface area contributed by atoms with E-state index in [9.17, 15) is 4.79 Å². The van der Waals surface area contributed by atoms with Gasteiger partial charge in [0, 0.05) is 32.7 Å². The fourth-order valence-electron chi connectivity index (χ4n) is 3.04. The van der Waals surface area contributed by atoms with Crippen molar-refractivity contribution in [3.8, 4) is 5.69 Å². The number of carbonyl (C=O) groups is 1. The second-order valence-corrected chi connectivity index (χ2v) is 7.54. The van der Waals surface area contributed by atoms with Crippen molar-refractivity contribution in [1.29, 1.82) is 0 Å². The van der Waals surface area contributed by atoms with E-state index in [1.165, 1.54) is 0 Å². The lowest BCUT2D eigenvalue weighted by Crippen LogP contribution is -2.19. The van der Waals surface area contributed by atoms with Gasteiger partial charge in [-0.3, -0.25) is 4.79 Å². The normalized spacial score (nSPS) is 11.2. The van der Waals surface area contributed by atoms with E-state index in [0.29, 0.717) is 5.02 Å². The number of nitrogens with zero attached hydrogens (tertiary/aromatic N) is 2. The third-order valence-corrected chi connectivity index (χ3v) is 5.21. The van der Waals surface area contributed by atoms with Gasteiger partial charge in [0.25, 0.3) is 0 Å². The third kappa shape index (κ3) is 4.64. The van der Waals surface area contributed by atoms with Gasteiger partial charge in [-0.2, -0.15) is 5.10 Å². The quantitative estimate of drug-likeness (QED) is 0.441. The Hall–Kier alpha value is -2.56. The van der Waals surface area contributed by atoms with Crippen molar-refractivity contribution in [2.24, 2.45) is 5.10 Å². The number of hydrazone groups is 1. The van der Waals surface area contributed by atoms with E-state index in [0.717, 1.165) is 38.8 Å². The van der Waals surface area contributed by atoms with Gasteiger partial charge in [0.1, 0.15) is 0 Å². The van der Waals surface area contributed by atoms with E-state index >= 15 is 0 Å². The number of aromatic nitrogens is 1. The van der Waals surface area contributed by atoms with Crippen LogP contribution in [0.15, 0.2) is 53.6 Å². The van der Waals surface area contributed by atoms with Gasteiger partial charge in [0.2, 0.25) is 5.91 Å². The van der Waals surface area contributed by atoms with Crippen LogP contribution in [0.3, 0.4) is 0 Å². The van der Waals surface area contributed by atoms with E-state index in [-0.39, 0.29) is 12.3 Å². The standard InChI is InChI=1S/C22H21Cl2N3O/c1-14-4-9-20(12-21(14)24)27-15(2)10-18(16(27)3)13-25-26-22(28)11-17-5-7-19(23)8-6-17/h4-10,12-13H,11H2,1-3H3,(H,26,28)/b25-13-. The molecule has 0 aliphatic heterocycles. The molecule has 3 rings (SSSR count). The van der Waals surface area contributed by atoms with Gasteiger partial charge >= 0.3 is 0 Å². The molecule has 6 heteroatoms. The Labute approximate surface area is 174 Å². The molecule has 1 heterocycles. The molecular weight excluding hydrogens is 393 g/mol. The smallest absolute Gasteiger partial charge is 0.244 e. The molecule has 0 aliphatic carbocycles. The summed E-state index contributed by atoms with van der Waals surface area (Å²) in [5.74, 6) is -0.183. The summed E-state index contributed by atoms with van der Waals surface area (Å²) in [4.78, 5) is 12.1. The lowest BCUT2D eigenvalue weighted by molar-refractivity contribution is -0.120. The minimum absolute atomic E-state index is 0.183. The number of rotatable bonds is 5. The zero-order valence-electron chi connectivity index (χ0n) is 16.0. The number of carbonyl (C=O) groups excluding carboxylic acids is 1. The summed E-state index contributed by atoms with van der Waals surface area (Å²) in [5, 5.41) is 5.48. The van der Waals surface area contributed by atoms with Gasteiger partial charge in [-0.15, -0.1) is 0 Å². The number of amides is 1. The van der Waals surface area contributed by atoms with Crippen LogP contribution in [-0.2, 0) is 11.2 Å². The minimum Gasteiger partial charge on any atom is -0.318 e. The van der Waals surface area contributed by atoms with Crippen molar-refractivity contribution in [2.75, 3.05) is 0 Å². The summed E-state index contributed by atoms with van der Waals surface area (Å²) in [7, 11) is 0. The number of hydrogen-bond acceptors (Lipinski definition) is 2. The topological polar surface area (TPSA) is 46.4 Å². The number of benzene rings is 2. The Kier molecular flexibility index (Phi) is 6.22. The van der Waals surface area contributed by atoms with E-state index < -0.39 is 0 Å². The van der Waals surface area contributed by atoms with Crippen molar-refractivity contribution in [2.45, 2.75) is 27.2 Å². The lowest BCUT2D eigenvalue weighted by Gasteiger charge is -2.11. The predicted octanol–water partition coefficient (Wildman–Crippen LogP) is 5.40. The molecule has 2 aromatic carbocycles. The Morgan fingerprint density at radius 3 is 2.46 bits per heavy atom. The highest BCUT2D eigenvalue weighted by molar-refractivity contribution is 6.31. The Morgan fingerprint density at radius 2 is 1.79 bits per heavy atom. The molecule has 144 valence electrons. The highest BCUT2D eigenvalue weighted by Gasteiger charge is 2.10. The summed E-state index contributed by atoms with van der Waals surface area (Å²) in [6.45, 7) is 6.02. The molecule has 0 spiro atoms. The van der Waals surface area contributed by atoms with Crippen molar-refractivity contribution in [1.82, 2.24) is 9.99 Å². The maximum Gasteiger partial charge on any atom is 0.244 e. The summed E-state index contributed by atoms with van der Waals surface area (Å²) in [6, 6.07) is 15.2. The first kappa shape index (κ1) is 20.2. The van der Waals surface area contributed by atoms with Crippen LogP contribution in [0.25, 0.3) is 5.69 Å². The van der Waals surface area contributed by atoms with E-state index in [1.807, 2.05) is 57.2 Å². The number of aryl methyl sites for hydroxylation is 2. The second-order valence-electron chi connectivity index (χ2n) is 6.69. The fraction of sp³-hybridized carbons (Fsp3) is 0.182. The first-order valence-electron chi connectivity index (χ1n) is 8.87. The van der Waals surface area contributed by atoms with Crippen molar-refractivity contribution >= 4 is 35.3 Å². The molecule has 0 bridgehead atoms. The average molecular weight is 414 g/mol. The zero-order valence-corrected chi connectivity index (χ0v) is 17.5. The number of hydrogen-bond donors (Lipinski definition) is 1. The van der Waals surface area contributed by atoms with Crippen molar-refractivity contribution < 1.29 is 4.79 Å². The molecule has 0 aliphatic rings. The second kappa shape index (κ2) is 8.63. The van der Waals surface area contributed by atoms with Crippen LogP contribution in [0.5, 0.6) is 0 Å². The molecule has 1 aromatic heterocycles. The van der Waals surface area contributed by atoms with Crippen LogP contribution in [0.2, 0.25) is 10.0 Å². The molecule has 1 N–H and O–H groups in total. The maximum absolute atomic E-state index is 12.1. The van der Waals surface area contributed by atoms with Crippen LogP contribution in [-0.4, -0.2) is 16.7 Å². The molecule has 0 saturated heterocycles. The predicted molar refractivity (Wildman–Crippen MR) is 116 cm³/mol. The van der Waals surface area contributed by atoms with Crippen LogP contribution >= 0.6 is 23.2 Å². The Bertz CT molecular complexity index is 1040. The van der Waals surface area contributed by atoms with E-state index in [4.69, 9.17) is 23.2 Å².